The van der Waals surface area contributed by atoms with Crippen molar-refractivity contribution in [1.29, 1.82) is 0 Å². The highest BCUT2D eigenvalue weighted by Gasteiger charge is 2.16. The summed E-state index contributed by atoms with van der Waals surface area (Å²) < 4.78 is 16.6. The van der Waals surface area contributed by atoms with Crippen molar-refractivity contribution < 1.29 is 19.0 Å². The number of rotatable bonds is 7. The molecule has 0 bridgehead atoms. The van der Waals surface area contributed by atoms with Crippen LogP contribution in [0.4, 0.5) is 0 Å². The smallest absolute Gasteiger partial charge is 0.339 e. The van der Waals surface area contributed by atoms with Gasteiger partial charge in [0.2, 0.25) is 0 Å². The molecule has 0 fully saturated rings. The lowest BCUT2D eigenvalue weighted by Gasteiger charge is -2.12. The van der Waals surface area contributed by atoms with E-state index in [9.17, 15) is 4.79 Å². The van der Waals surface area contributed by atoms with Crippen molar-refractivity contribution in [2.24, 2.45) is 0 Å². The zero-order chi connectivity index (χ0) is 20.1. The van der Waals surface area contributed by atoms with E-state index < -0.39 is 0 Å². The maximum atomic E-state index is 12.9. The summed E-state index contributed by atoms with van der Waals surface area (Å²) >= 11 is 0. The van der Waals surface area contributed by atoms with Crippen molar-refractivity contribution in [3.05, 3.63) is 84.4 Å². The van der Waals surface area contributed by atoms with Crippen LogP contribution in [0.5, 0.6) is 11.5 Å². The molecule has 0 heterocycles. The van der Waals surface area contributed by atoms with Crippen LogP contribution in [0.25, 0.3) is 21.5 Å². The number of carbonyl (C=O) groups is 1. The molecule has 4 aromatic rings. The van der Waals surface area contributed by atoms with Gasteiger partial charge in [0.1, 0.15) is 24.7 Å². The Labute approximate surface area is 169 Å². The van der Waals surface area contributed by atoms with Gasteiger partial charge in [0, 0.05) is 0 Å². The lowest BCUT2D eigenvalue weighted by atomic mass is 9.97. The summed E-state index contributed by atoms with van der Waals surface area (Å²) in [6.45, 7) is 3.02. The number of carbonyl (C=O) groups excluding carboxylic acids is 1. The predicted octanol–water partition coefficient (Wildman–Crippen LogP) is 5.63. The highest BCUT2D eigenvalue weighted by Crippen LogP contribution is 2.29. The van der Waals surface area contributed by atoms with Gasteiger partial charge in [0.15, 0.2) is 0 Å². The summed E-state index contributed by atoms with van der Waals surface area (Å²) in [5, 5.41) is 3.82. The van der Waals surface area contributed by atoms with Crippen LogP contribution in [0.1, 0.15) is 17.3 Å². The molecular formula is C25H22O4. The van der Waals surface area contributed by atoms with Crippen molar-refractivity contribution in [1.82, 2.24) is 0 Å². The fourth-order valence-electron chi connectivity index (χ4n) is 3.40. The molecule has 0 aliphatic carbocycles. The first kappa shape index (κ1) is 18.8. The number of fused-ring (bicyclic) bond motifs is 2. The molecule has 0 amide bonds. The second kappa shape index (κ2) is 8.65. The second-order valence-electron chi connectivity index (χ2n) is 6.58. The minimum absolute atomic E-state index is 0.170. The third kappa shape index (κ3) is 4.16. The molecule has 0 atom stereocenters. The molecule has 4 heteroatoms. The Balaban J connectivity index is 1.46. The van der Waals surface area contributed by atoms with E-state index >= 15 is 0 Å². The molecule has 4 aromatic carbocycles. The topological polar surface area (TPSA) is 44.8 Å². The minimum atomic E-state index is -0.340. The summed E-state index contributed by atoms with van der Waals surface area (Å²) in [7, 11) is 0. The third-order valence-corrected chi connectivity index (χ3v) is 4.70. The molecule has 0 aliphatic heterocycles. The predicted molar refractivity (Wildman–Crippen MR) is 115 cm³/mol. The van der Waals surface area contributed by atoms with Gasteiger partial charge >= 0.3 is 5.97 Å². The Bertz CT molecular complexity index is 1080. The van der Waals surface area contributed by atoms with Gasteiger partial charge in [-0.15, -0.1) is 0 Å². The largest absolute Gasteiger partial charge is 0.494 e. The molecule has 29 heavy (non-hydrogen) atoms. The van der Waals surface area contributed by atoms with E-state index in [1.54, 1.807) is 0 Å². The van der Waals surface area contributed by atoms with E-state index in [1.165, 1.54) is 0 Å². The highest BCUT2D eigenvalue weighted by molar-refractivity contribution is 6.16. The lowest BCUT2D eigenvalue weighted by Crippen LogP contribution is -2.13. The van der Waals surface area contributed by atoms with Gasteiger partial charge < -0.3 is 14.2 Å². The van der Waals surface area contributed by atoms with Gasteiger partial charge in [-0.05, 0) is 58.8 Å². The molecule has 0 aliphatic rings. The molecule has 0 aromatic heterocycles. The average molecular weight is 386 g/mol. The van der Waals surface area contributed by atoms with Crippen molar-refractivity contribution >= 4 is 27.5 Å². The van der Waals surface area contributed by atoms with Crippen LogP contribution in [0.2, 0.25) is 0 Å². The van der Waals surface area contributed by atoms with Crippen molar-refractivity contribution in [2.45, 2.75) is 6.92 Å². The number of ether oxygens (including phenoxy) is 3. The SMILES string of the molecule is CCOc1ccc(OCCOC(=O)c2c3ccccc3cc3ccccc23)cc1. The van der Waals surface area contributed by atoms with E-state index in [2.05, 4.69) is 6.07 Å². The van der Waals surface area contributed by atoms with Gasteiger partial charge in [-0.2, -0.15) is 0 Å². The summed E-state index contributed by atoms with van der Waals surface area (Å²) in [6.07, 6.45) is 0. The van der Waals surface area contributed by atoms with Gasteiger partial charge in [0.25, 0.3) is 0 Å². The van der Waals surface area contributed by atoms with Gasteiger partial charge in [0.05, 0.1) is 12.2 Å². The molecule has 0 unspecified atom stereocenters. The van der Waals surface area contributed by atoms with E-state index in [1.807, 2.05) is 79.7 Å². The Kier molecular flexibility index (Phi) is 5.61. The highest BCUT2D eigenvalue weighted by atomic mass is 16.6. The number of hydrogen-bond donors (Lipinski definition) is 0. The monoisotopic (exact) mass is 386 g/mol. The Hall–Kier alpha value is -3.53. The van der Waals surface area contributed by atoms with Crippen LogP contribution in [-0.2, 0) is 4.74 Å². The number of benzene rings is 4. The van der Waals surface area contributed by atoms with Crippen LogP contribution >= 0.6 is 0 Å². The van der Waals surface area contributed by atoms with Crippen molar-refractivity contribution in [3.8, 4) is 11.5 Å². The first-order valence-corrected chi connectivity index (χ1v) is 9.69. The van der Waals surface area contributed by atoms with Gasteiger partial charge in [-0.1, -0.05) is 48.5 Å². The Morgan fingerprint density at radius 2 is 1.28 bits per heavy atom. The zero-order valence-electron chi connectivity index (χ0n) is 16.3. The third-order valence-electron chi connectivity index (χ3n) is 4.70. The van der Waals surface area contributed by atoms with Crippen LogP contribution in [-0.4, -0.2) is 25.8 Å². The standard InChI is InChI=1S/C25H22O4/c1-2-27-20-11-13-21(14-12-20)28-15-16-29-25(26)24-22-9-5-3-7-18(22)17-19-8-4-6-10-23(19)24/h3-14,17H,2,15-16H2,1H3. The van der Waals surface area contributed by atoms with E-state index in [0.717, 1.165) is 27.3 Å². The van der Waals surface area contributed by atoms with Crippen LogP contribution in [0.3, 0.4) is 0 Å². The number of esters is 1. The lowest BCUT2D eigenvalue weighted by molar-refractivity contribution is 0.0455. The normalized spacial score (nSPS) is 10.8. The fourth-order valence-corrected chi connectivity index (χ4v) is 3.40. The quantitative estimate of drug-likeness (QED) is 0.235. The molecule has 0 spiro atoms. The molecule has 0 saturated heterocycles. The zero-order valence-corrected chi connectivity index (χ0v) is 16.3. The first-order valence-electron chi connectivity index (χ1n) is 9.69. The minimum Gasteiger partial charge on any atom is -0.494 e. The molecule has 0 N–H and O–H groups in total. The summed E-state index contributed by atoms with van der Waals surface area (Å²) in [6, 6.07) is 25.2. The second-order valence-corrected chi connectivity index (χ2v) is 6.58. The molecule has 0 saturated carbocycles. The fraction of sp³-hybridized carbons (Fsp3) is 0.160. The molecule has 146 valence electrons. The molecule has 4 rings (SSSR count). The van der Waals surface area contributed by atoms with Crippen molar-refractivity contribution in [2.75, 3.05) is 19.8 Å². The number of hydrogen-bond acceptors (Lipinski definition) is 4. The van der Waals surface area contributed by atoms with Crippen LogP contribution < -0.4 is 9.47 Å². The first-order chi connectivity index (χ1) is 14.3. The van der Waals surface area contributed by atoms with Gasteiger partial charge in [-0.25, -0.2) is 4.79 Å². The van der Waals surface area contributed by atoms with E-state index in [0.29, 0.717) is 17.9 Å². The van der Waals surface area contributed by atoms with Crippen LogP contribution in [0.15, 0.2) is 78.9 Å². The average Bonchev–Trinajstić information content (AvgIpc) is 2.76. The summed E-state index contributed by atoms with van der Waals surface area (Å²) in [5.74, 6) is 1.17. The Morgan fingerprint density at radius 1 is 0.724 bits per heavy atom. The maximum absolute atomic E-state index is 12.9. The molecular weight excluding hydrogens is 364 g/mol. The molecule has 0 radical (unpaired) electrons. The van der Waals surface area contributed by atoms with E-state index in [-0.39, 0.29) is 19.2 Å². The van der Waals surface area contributed by atoms with Gasteiger partial charge in [-0.3, -0.25) is 0 Å². The van der Waals surface area contributed by atoms with E-state index in [4.69, 9.17) is 14.2 Å². The molecule has 4 nitrogen and oxygen atoms in total. The summed E-state index contributed by atoms with van der Waals surface area (Å²) in [5.41, 5.74) is 0.597. The van der Waals surface area contributed by atoms with Crippen molar-refractivity contribution in [3.63, 3.8) is 0 Å². The summed E-state index contributed by atoms with van der Waals surface area (Å²) in [4.78, 5) is 12.9. The maximum Gasteiger partial charge on any atom is 0.339 e. The Morgan fingerprint density at radius 3 is 1.86 bits per heavy atom. The van der Waals surface area contributed by atoms with Crippen LogP contribution in [0, 0.1) is 0 Å².